The van der Waals surface area contributed by atoms with Gasteiger partial charge in [-0.25, -0.2) is 4.98 Å². The summed E-state index contributed by atoms with van der Waals surface area (Å²) < 4.78 is 40.0. The lowest BCUT2D eigenvalue weighted by molar-refractivity contribution is -0.138. The van der Waals surface area contributed by atoms with Gasteiger partial charge in [0.05, 0.1) is 11.3 Å². The molecule has 2 N–H and O–H groups in total. The van der Waals surface area contributed by atoms with E-state index < -0.39 is 17.2 Å². The first-order valence-corrected chi connectivity index (χ1v) is 9.79. The molecule has 1 aromatic carbocycles. The number of likely N-dealkylation sites (tertiary alicyclic amines) is 1. The predicted molar refractivity (Wildman–Crippen MR) is 102 cm³/mol. The monoisotopic (exact) mass is 395 g/mol. The molecule has 0 radical (unpaired) electrons. The van der Waals surface area contributed by atoms with Crippen molar-refractivity contribution in [2.75, 3.05) is 19.7 Å². The Morgan fingerprint density at radius 3 is 2.46 bits per heavy atom. The summed E-state index contributed by atoms with van der Waals surface area (Å²) in [6.45, 7) is 6.16. The third-order valence-electron chi connectivity index (χ3n) is 5.88. The normalized spacial score (nSPS) is 17.8. The summed E-state index contributed by atoms with van der Waals surface area (Å²) >= 11 is 0. The van der Waals surface area contributed by atoms with Crippen molar-refractivity contribution in [2.24, 2.45) is 5.41 Å². The lowest BCUT2D eigenvalue weighted by atomic mass is 9.73. The Balaban J connectivity index is 1.68. The van der Waals surface area contributed by atoms with Crippen LogP contribution in [0.25, 0.3) is 0 Å². The molecule has 0 unspecified atom stereocenters. The summed E-state index contributed by atoms with van der Waals surface area (Å²) in [5.74, 6) is 0.970. The highest BCUT2D eigenvalue weighted by molar-refractivity contribution is 5.31. The highest BCUT2D eigenvalue weighted by atomic mass is 19.4. The van der Waals surface area contributed by atoms with E-state index in [0.717, 1.165) is 49.3 Å². The molecule has 0 aliphatic carbocycles. The first-order chi connectivity index (χ1) is 13.3. The number of aromatic nitrogens is 2. The summed E-state index contributed by atoms with van der Waals surface area (Å²) in [5.41, 5.74) is 1.26. The molecular weight excluding hydrogens is 367 g/mol. The van der Waals surface area contributed by atoms with E-state index in [4.69, 9.17) is 0 Å². The van der Waals surface area contributed by atoms with E-state index in [1.54, 1.807) is 6.07 Å². The molecule has 2 aromatic rings. The van der Waals surface area contributed by atoms with Gasteiger partial charge in [-0.05, 0) is 56.3 Å². The smallest absolute Gasteiger partial charge is 0.396 e. The molecule has 3 rings (SSSR count). The summed E-state index contributed by atoms with van der Waals surface area (Å²) in [6, 6.07) is 5.71. The zero-order valence-corrected chi connectivity index (χ0v) is 16.4. The van der Waals surface area contributed by atoms with Gasteiger partial charge in [0.15, 0.2) is 0 Å². The van der Waals surface area contributed by atoms with Crippen molar-refractivity contribution in [3.05, 3.63) is 52.6 Å². The Bertz CT molecular complexity index is 792. The van der Waals surface area contributed by atoms with Gasteiger partial charge in [-0.2, -0.15) is 13.2 Å². The van der Waals surface area contributed by atoms with Crippen LogP contribution in [0.4, 0.5) is 13.2 Å². The van der Waals surface area contributed by atoms with E-state index in [0.29, 0.717) is 12.8 Å². The van der Waals surface area contributed by atoms with E-state index in [9.17, 15) is 18.3 Å². The minimum atomic E-state index is -4.37. The predicted octanol–water partition coefficient (Wildman–Crippen LogP) is 4.12. The summed E-state index contributed by atoms with van der Waals surface area (Å²) in [4.78, 5) is 10.2. The largest absolute Gasteiger partial charge is 0.416 e. The number of hydrogen-bond acceptors (Lipinski definition) is 3. The van der Waals surface area contributed by atoms with Gasteiger partial charge in [0, 0.05) is 25.3 Å². The summed E-state index contributed by atoms with van der Waals surface area (Å²) in [7, 11) is 0. The molecule has 0 spiro atoms. The van der Waals surface area contributed by atoms with E-state index in [-0.39, 0.29) is 18.6 Å². The Morgan fingerprint density at radius 2 is 1.89 bits per heavy atom. The number of H-pyrrole nitrogens is 1. The fourth-order valence-corrected chi connectivity index (χ4v) is 4.03. The molecular formula is C21H28F3N3O. The van der Waals surface area contributed by atoms with E-state index in [2.05, 4.69) is 21.8 Å². The maximum absolute atomic E-state index is 13.3. The third kappa shape index (κ3) is 4.58. The van der Waals surface area contributed by atoms with Crippen LogP contribution in [-0.2, 0) is 25.6 Å². The average molecular weight is 395 g/mol. The van der Waals surface area contributed by atoms with Crippen molar-refractivity contribution in [3.8, 4) is 0 Å². The van der Waals surface area contributed by atoms with E-state index in [1.165, 1.54) is 12.1 Å². The van der Waals surface area contributed by atoms with Crippen LogP contribution in [0, 0.1) is 12.3 Å². The Hall–Kier alpha value is -1.86. The topological polar surface area (TPSA) is 52.1 Å². The van der Waals surface area contributed by atoms with Crippen molar-refractivity contribution in [2.45, 2.75) is 52.3 Å². The van der Waals surface area contributed by atoms with Gasteiger partial charge in [0.1, 0.15) is 5.82 Å². The number of hydrogen-bond donors (Lipinski definition) is 2. The van der Waals surface area contributed by atoms with Gasteiger partial charge >= 0.3 is 6.18 Å². The molecule has 1 aromatic heterocycles. The second-order valence-corrected chi connectivity index (χ2v) is 7.87. The molecule has 2 heterocycles. The fraction of sp³-hybridized carbons (Fsp3) is 0.571. The molecule has 7 heteroatoms. The quantitative estimate of drug-likeness (QED) is 0.774. The second kappa shape index (κ2) is 8.25. The zero-order valence-electron chi connectivity index (χ0n) is 16.4. The fourth-order valence-electron chi connectivity index (χ4n) is 4.03. The molecule has 1 saturated heterocycles. The van der Waals surface area contributed by atoms with Gasteiger partial charge in [0.25, 0.3) is 0 Å². The van der Waals surface area contributed by atoms with Crippen LogP contribution in [0.15, 0.2) is 24.3 Å². The number of aromatic amines is 1. The summed E-state index contributed by atoms with van der Waals surface area (Å²) in [6.07, 6.45) is -1.94. The van der Waals surface area contributed by atoms with Gasteiger partial charge in [-0.3, -0.25) is 4.90 Å². The minimum Gasteiger partial charge on any atom is -0.396 e. The molecule has 0 atom stereocenters. The number of aryl methyl sites for hydroxylation is 2. The minimum absolute atomic E-state index is 0.103. The van der Waals surface area contributed by atoms with Crippen LogP contribution in [0.1, 0.15) is 48.1 Å². The standard InChI is InChI=1S/C21H28F3N3O/c1-3-19-25-15(2)18(26-19)13-27-10-8-20(14-28,9-11-27)12-16-6-4-5-7-17(16)21(22,23)24/h4-7,28H,3,8-14H2,1-2H3,(H,25,26). The van der Waals surface area contributed by atoms with Gasteiger partial charge < -0.3 is 10.1 Å². The number of halogens is 3. The SMILES string of the molecule is CCc1nc(CN2CCC(CO)(Cc3ccccc3C(F)(F)F)CC2)c(C)[nH]1. The zero-order chi connectivity index (χ0) is 20.4. The number of benzene rings is 1. The molecule has 1 fully saturated rings. The number of nitrogens with zero attached hydrogens (tertiary/aromatic N) is 2. The number of piperidine rings is 1. The highest BCUT2D eigenvalue weighted by Gasteiger charge is 2.38. The number of alkyl halides is 3. The summed E-state index contributed by atoms with van der Waals surface area (Å²) in [5, 5.41) is 10.0. The van der Waals surface area contributed by atoms with Crippen LogP contribution in [-0.4, -0.2) is 39.7 Å². The number of aliphatic hydroxyl groups excluding tert-OH is 1. The molecule has 4 nitrogen and oxygen atoms in total. The van der Waals surface area contributed by atoms with Gasteiger partial charge in [0.2, 0.25) is 0 Å². The number of nitrogens with one attached hydrogen (secondary N) is 1. The Labute approximate surface area is 163 Å². The molecule has 28 heavy (non-hydrogen) atoms. The maximum Gasteiger partial charge on any atom is 0.416 e. The molecule has 154 valence electrons. The molecule has 1 aliphatic rings. The van der Waals surface area contributed by atoms with Gasteiger partial charge in [-0.1, -0.05) is 25.1 Å². The molecule has 0 saturated carbocycles. The van der Waals surface area contributed by atoms with Gasteiger partial charge in [-0.15, -0.1) is 0 Å². The highest BCUT2D eigenvalue weighted by Crippen LogP contribution is 2.39. The van der Waals surface area contributed by atoms with Crippen LogP contribution < -0.4 is 0 Å². The van der Waals surface area contributed by atoms with Crippen LogP contribution in [0.5, 0.6) is 0 Å². The lowest BCUT2D eigenvalue weighted by Crippen LogP contribution is -2.43. The van der Waals surface area contributed by atoms with Crippen molar-refractivity contribution >= 4 is 0 Å². The number of rotatable bonds is 6. The van der Waals surface area contributed by atoms with Crippen molar-refractivity contribution in [1.29, 1.82) is 0 Å². The van der Waals surface area contributed by atoms with Crippen molar-refractivity contribution < 1.29 is 18.3 Å². The van der Waals surface area contributed by atoms with E-state index >= 15 is 0 Å². The molecule has 0 bridgehead atoms. The number of imidazole rings is 1. The van der Waals surface area contributed by atoms with E-state index in [1.807, 2.05) is 6.92 Å². The van der Waals surface area contributed by atoms with Crippen molar-refractivity contribution in [3.63, 3.8) is 0 Å². The first-order valence-electron chi connectivity index (χ1n) is 9.79. The maximum atomic E-state index is 13.3. The Kier molecular flexibility index (Phi) is 6.15. The van der Waals surface area contributed by atoms with Crippen LogP contribution in [0.2, 0.25) is 0 Å². The van der Waals surface area contributed by atoms with Crippen LogP contribution >= 0.6 is 0 Å². The molecule has 0 amide bonds. The van der Waals surface area contributed by atoms with Crippen LogP contribution in [0.3, 0.4) is 0 Å². The van der Waals surface area contributed by atoms with Crippen molar-refractivity contribution in [1.82, 2.24) is 14.9 Å². The average Bonchev–Trinajstić information content (AvgIpc) is 3.03. The number of aliphatic hydroxyl groups is 1. The Morgan fingerprint density at radius 1 is 1.21 bits per heavy atom. The second-order valence-electron chi connectivity index (χ2n) is 7.87. The molecule has 1 aliphatic heterocycles. The third-order valence-corrected chi connectivity index (χ3v) is 5.88. The first kappa shape index (κ1) is 20.9. The lowest BCUT2D eigenvalue weighted by Gasteiger charge is -2.41.